The Balaban J connectivity index is 1.24. The number of carbonyl (C=O) groups excluding carboxylic acids is 3. The Labute approximate surface area is 242 Å². The van der Waals surface area contributed by atoms with Crippen LogP contribution in [0.4, 0.5) is 0 Å². The molecule has 0 radical (unpaired) electrons. The van der Waals surface area contributed by atoms with Gasteiger partial charge < -0.3 is 9.47 Å². The Morgan fingerprint density at radius 1 is 0.714 bits per heavy atom. The molecule has 0 fully saturated rings. The second-order valence-electron chi connectivity index (χ2n) is 9.31. The zero-order chi connectivity index (χ0) is 29.3. The van der Waals surface area contributed by atoms with Gasteiger partial charge in [-0.1, -0.05) is 84.4 Å². The summed E-state index contributed by atoms with van der Waals surface area (Å²) < 4.78 is 11.1. The van der Waals surface area contributed by atoms with Crippen LogP contribution < -0.4 is 14.9 Å². The van der Waals surface area contributed by atoms with E-state index in [9.17, 15) is 14.4 Å². The van der Waals surface area contributed by atoms with E-state index in [4.69, 9.17) is 9.47 Å². The molecule has 0 bridgehead atoms. The van der Waals surface area contributed by atoms with Gasteiger partial charge in [-0.2, -0.15) is 5.10 Å². The van der Waals surface area contributed by atoms with Crippen LogP contribution in [0.3, 0.4) is 0 Å². The van der Waals surface area contributed by atoms with Crippen LogP contribution in [0.2, 0.25) is 0 Å². The highest BCUT2D eigenvalue weighted by Gasteiger charge is 2.12. The summed E-state index contributed by atoms with van der Waals surface area (Å²) in [6.07, 6.45) is 4.17. The maximum atomic E-state index is 12.8. The fourth-order valence-corrected chi connectivity index (χ4v) is 4.27. The lowest BCUT2D eigenvalue weighted by atomic mass is 10.0. The van der Waals surface area contributed by atoms with Crippen molar-refractivity contribution in [1.82, 2.24) is 5.43 Å². The minimum absolute atomic E-state index is 0.259. The lowest BCUT2D eigenvalue weighted by Crippen LogP contribution is -2.18. The van der Waals surface area contributed by atoms with Crippen LogP contribution in [0.5, 0.6) is 11.5 Å². The molecule has 0 aliphatic heterocycles. The number of para-hydroxylation sites is 2. The number of esters is 2. The van der Waals surface area contributed by atoms with Gasteiger partial charge in [0.2, 0.25) is 0 Å². The average molecular weight is 555 g/mol. The highest BCUT2D eigenvalue weighted by molar-refractivity contribution is 6.07. The molecule has 0 aliphatic rings. The largest absolute Gasteiger partial charge is 0.423 e. The molecule has 5 rings (SSSR count). The van der Waals surface area contributed by atoms with Crippen molar-refractivity contribution in [2.75, 3.05) is 0 Å². The molecule has 1 amide bonds. The molecule has 7 heteroatoms. The first-order valence-corrected chi connectivity index (χ1v) is 13.2. The second-order valence-corrected chi connectivity index (χ2v) is 9.31. The zero-order valence-electron chi connectivity index (χ0n) is 22.7. The highest BCUT2D eigenvalue weighted by atomic mass is 16.5. The Hall–Kier alpha value is -5.82. The van der Waals surface area contributed by atoms with E-state index in [1.807, 2.05) is 49.4 Å². The summed E-state index contributed by atoms with van der Waals surface area (Å²) in [6, 6.07) is 33.9. The molecule has 0 aliphatic carbocycles. The first kappa shape index (κ1) is 27.7. The number of fused-ring (bicyclic) bond motifs is 1. The molecule has 0 aromatic heterocycles. The van der Waals surface area contributed by atoms with E-state index in [0.717, 1.165) is 16.3 Å². The monoisotopic (exact) mass is 554 g/mol. The fraction of sp³-hybridized carbons (Fsp3) is 0.0286. The minimum atomic E-state index is -0.643. The van der Waals surface area contributed by atoms with Gasteiger partial charge in [-0.3, -0.25) is 4.79 Å². The molecule has 0 heterocycles. The molecule has 0 saturated heterocycles. The predicted molar refractivity (Wildman–Crippen MR) is 163 cm³/mol. The Morgan fingerprint density at radius 3 is 2.19 bits per heavy atom. The molecule has 42 heavy (non-hydrogen) atoms. The summed E-state index contributed by atoms with van der Waals surface area (Å²) in [5.74, 6) is -0.933. The highest BCUT2D eigenvalue weighted by Crippen LogP contribution is 2.22. The molecule has 0 saturated carbocycles. The van der Waals surface area contributed by atoms with Crippen molar-refractivity contribution in [3.8, 4) is 11.5 Å². The molecule has 0 atom stereocenters. The molecular weight excluding hydrogens is 528 g/mol. The molecule has 5 aromatic rings. The summed E-state index contributed by atoms with van der Waals surface area (Å²) in [5.41, 5.74) is 5.43. The normalized spacial score (nSPS) is 11.1. The number of hydrogen-bond acceptors (Lipinski definition) is 6. The van der Waals surface area contributed by atoms with E-state index in [1.165, 1.54) is 18.4 Å². The van der Waals surface area contributed by atoms with Gasteiger partial charge >= 0.3 is 11.9 Å². The van der Waals surface area contributed by atoms with Crippen molar-refractivity contribution in [2.45, 2.75) is 6.92 Å². The third-order valence-electron chi connectivity index (χ3n) is 6.31. The summed E-state index contributed by atoms with van der Waals surface area (Å²) >= 11 is 0. The number of amides is 1. The smallest absolute Gasteiger partial charge is 0.343 e. The van der Waals surface area contributed by atoms with Gasteiger partial charge in [-0.05, 0) is 60.2 Å². The number of ether oxygens (including phenoxy) is 2. The van der Waals surface area contributed by atoms with Crippen LogP contribution >= 0.6 is 0 Å². The van der Waals surface area contributed by atoms with Crippen molar-refractivity contribution in [3.05, 3.63) is 149 Å². The van der Waals surface area contributed by atoms with Gasteiger partial charge in [0.1, 0.15) is 11.5 Å². The van der Waals surface area contributed by atoms with Crippen LogP contribution in [0.25, 0.3) is 16.8 Å². The van der Waals surface area contributed by atoms with Gasteiger partial charge in [-0.15, -0.1) is 0 Å². The molecular formula is C35H26N2O5. The molecule has 0 unspecified atom stereocenters. The first-order chi connectivity index (χ1) is 20.5. The van der Waals surface area contributed by atoms with Crippen LogP contribution in [0.1, 0.15) is 37.4 Å². The minimum Gasteiger partial charge on any atom is -0.423 e. The number of aryl methyl sites for hydroxylation is 1. The van der Waals surface area contributed by atoms with Crippen molar-refractivity contribution >= 4 is 40.9 Å². The Bertz CT molecular complexity index is 1840. The quantitative estimate of drug-likeness (QED) is 0.0753. The summed E-state index contributed by atoms with van der Waals surface area (Å²) in [6.45, 7) is 1.89. The van der Waals surface area contributed by atoms with Gasteiger partial charge in [-0.25, -0.2) is 15.0 Å². The maximum absolute atomic E-state index is 12.8. The van der Waals surface area contributed by atoms with E-state index in [-0.39, 0.29) is 11.7 Å². The van der Waals surface area contributed by atoms with Crippen molar-refractivity contribution in [2.24, 2.45) is 5.10 Å². The van der Waals surface area contributed by atoms with Gasteiger partial charge in [0.25, 0.3) is 5.91 Å². The number of rotatable bonds is 8. The summed E-state index contributed by atoms with van der Waals surface area (Å²) in [4.78, 5) is 38.1. The summed E-state index contributed by atoms with van der Waals surface area (Å²) in [5, 5.41) is 5.84. The van der Waals surface area contributed by atoms with E-state index in [0.29, 0.717) is 28.0 Å². The molecule has 0 spiro atoms. The number of benzene rings is 5. The third-order valence-corrected chi connectivity index (χ3v) is 6.31. The van der Waals surface area contributed by atoms with E-state index >= 15 is 0 Å². The number of carbonyl (C=O) groups is 3. The second kappa shape index (κ2) is 13.0. The van der Waals surface area contributed by atoms with Crippen molar-refractivity contribution in [1.29, 1.82) is 0 Å². The van der Waals surface area contributed by atoms with Gasteiger partial charge in [0, 0.05) is 22.8 Å². The van der Waals surface area contributed by atoms with E-state index in [2.05, 4.69) is 10.5 Å². The third kappa shape index (κ3) is 6.84. The topological polar surface area (TPSA) is 94.1 Å². The fourth-order valence-electron chi connectivity index (χ4n) is 4.27. The predicted octanol–water partition coefficient (Wildman–Crippen LogP) is 6.75. The van der Waals surface area contributed by atoms with Gasteiger partial charge in [0.05, 0.1) is 11.8 Å². The standard InChI is InChI=1S/C35H26N2O5/c1-24-10-8-15-27(22-24)35(40)42-31-18-6-3-12-26(31)20-21-33(38)41-32-19-7-4-13-28(32)23-36-37-34(39)30-17-9-14-25-11-2-5-16-29(25)30/h2-23H,1H3,(H,37,39)/b21-20+,36-23+. The molecule has 1 N–H and O–H groups in total. The molecule has 5 aromatic carbocycles. The van der Waals surface area contributed by atoms with Crippen LogP contribution in [-0.2, 0) is 4.79 Å². The maximum Gasteiger partial charge on any atom is 0.343 e. The lowest BCUT2D eigenvalue weighted by molar-refractivity contribution is -0.128. The Morgan fingerprint density at radius 2 is 1.38 bits per heavy atom. The van der Waals surface area contributed by atoms with Crippen LogP contribution in [0.15, 0.2) is 126 Å². The van der Waals surface area contributed by atoms with E-state index in [1.54, 1.807) is 72.8 Å². The average Bonchev–Trinajstić information content (AvgIpc) is 3.01. The Kier molecular flexibility index (Phi) is 8.60. The zero-order valence-corrected chi connectivity index (χ0v) is 22.7. The number of nitrogens with one attached hydrogen (secondary N) is 1. The van der Waals surface area contributed by atoms with E-state index < -0.39 is 11.9 Å². The molecule has 7 nitrogen and oxygen atoms in total. The van der Waals surface area contributed by atoms with Crippen LogP contribution in [-0.4, -0.2) is 24.1 Å². The first-order valence-electron chi connectivity index (χ1n) is 13.2. The SMILES string of the molecule is Cc1cccc(C(=O)Oc2ccccc2/C=C/C(=O)Oc2ccccc2/C=N/NC(=O)c2cccc3ccccc23)c1. The number of hydrogen-bond donors (Lipinski definition) is 1. The lowest BCUT2D eigenvalue weighted by Gasteiger charge is -2.08. The van der Waals surface area contributed by atoms with Crippen LogP contribution in [0, 0.1) is 6.92 Å². The number of nitrogens with zero attached hydrogens (tertiary/aromatic N) is 1. The van der Waals surface area contributed by atoms with Crippen molar-refractivity contribution < 1.29 is 23.9 Å². The van der Waals surface area contributed by atoms with Gasteiger partial charge in [0.15, 0.2) is 0 Å². The number of hydrazone groups is 1. The van der Waals surface area contributed by atoms with Crippen molar-refractivity contribution in [3.63, 3.8) is 0 Å². The summed E-state index contributed by atoms with van der Waals surface area (Å²) in [7, 11) is 0. The molecule has 206 valence electrons.